The largest absolute Gasteiger partial charge is 0.459 e. The van der Waals surface area contributed by atoms with Gasteiger partial charge in [0, 0.05) is 12.1 Å². The molecule has 0 aliphatic carbocycles. The van der Waals surface area contributed by atoms with Gasteiger partial charge in [0.1, 0.15) is 12.1 Å². The lowest BCUT2D eigenvalue weighted by Crippen LogP contribution is -2.33. The molecular weight excluding hydrogens is 288 g/mol. The van der Waals surface area contributed by atoms with Gasteiger partial charge in [-0.15, -0.1) is 0 Å². The Kier molecular flexibility index (Phi) is 5.80. The van der Waals surface area contributed by atoms with Gasteiger partial charge in [-0.3, -0.25) is 19.7 Å². The maximum absolute atomic E-state index is 11.6. The standard InChI is InChI=1S/C15H18N2O5/c1-15(2,3)22-14(19)10-16-13(18)9-8-11-6-4-5-7-12(11)17(20)21/h4-9H,10H2,1-3H3,(H,16,18). The maximum atomic E-state index is 11.6. The van der Waals surface area contributed by atoms with Crippen LogP contribution < -0.4 is 5.32 Å². The Labute approximate surface area is 128 Å². The van der Waals surface area contributed by atoms with Gasteiger partial charge in [0.05, 0.1) is 10.5 Å². The van der Waals surface area contributed by atoms with E-state index in [0.29, 0.717) is 5.56 Å². The van der Waals surface area contributed by atoms with E-state index in [2.05, 4.69) is 5.32 Å². The van der Waals surface area contributed by atoms with Crippen molar-refractivity contribution in [2.24, 2.45) is 0 Å². The quantitative estimate of drug-likeness (QED) is 0.388. The van der Waals surface area contributed by atoms with Crippen LogP contribution in [0.3, 0.4) is 0 Å². The summed E-state index contributed by atoms with van der Waals surface area (Å²) in [7, 11) is 0. The molecule has 0 unspecified atom stereocenters. The van der Waals surface area contributed by atoms with Crippen molar-refractivity contribution in [3.05, 3.63) is 46.0 Å². The van der Waals surface area contributed by atoms with Gasteiger partial charge in [-0.05, 0) is 32.9 Å². The first kappa shape index (κ1) is 17.4. The third-order valence-electron chi connectivity index (χ3n) is 2.37. The number of nitro groups is 1. The van der Waals surface area contributed by atoms with Crippen molar-refractivity contribution in [2.45, 2.75) is 26.4 Å². The van der Waals surface area contributed by atoms with Crippen LogP contribution in [0.25, 0.3) is 6.08 Å². The Balaban J connectivity index is 2.59. The van der Waals surface area contributed by atoms with Crippen molar-refractivity contribution < 1.29 is 19.2 Å². The Morgan fingerprint density at radius 3 is 2.55 bits per heavy atom. The fourth-order valence-electron chi connectivity index (χ4n) is 1.56. The third-order valence-corrected chi connectivity index (χ3v) is 2.37. The number of rotatable bonds is 5. The monoisotopic (exact) mass is 306 g/mol. The average molecular weight is 306 g/mol. The van der Waals surface area contributed by atoms with Crippen LogP contribution in [-0.4, -0.2) is 28.9 Å². The molecule has 0 atom stereocenters. The highest BCUT2D eigenvalue weighted by Gasteiger charge is 2.16. The second-order valence-corrected chi connectivity index (χ2v) is 5.45. The minimum atomic E-state index is -0.623. The predicted octanol–water partition coefficient (Wildman–Crippen LogP) is 2.07. The summed E-state index contributed by atoms with van der Waals surface area (Å²) in [5.41, 5.74) is -0.416. The maximum Gasteiger partial charge on any atom is 0.325 e. The number of nitrogens with zero attached hydrogens (tertiary/aromatic N) is 1. The summed E-state index contributed by atoms with van der Waals surface area (Å²) in [6, 6.07) is 6.04. The van der Waals surface area contributed by atoms with E-state index in [1.807, 2.05) is 0 Å². The van der Waals surface area contributed by atoms with Crippen molar-refractivity contribution in [1.29, 1.82) is 0 Å². The van der Waals surface area contributed by atoms with E-state index in [4.69, 9.17) is 4.74 Å². The number of hydrogen-bond acceptors (Lipinski definition) is 5. The lowest BCUT2D eigenvalue weighted by Gasteiger charge is -2.19. The van der Waals surface area contributed by atoms with Crippen molar-refractivity contribution in [2.75, 3.05) is 6.54 Å². The lowest BCUT2D eigenvalue weighted by molar-refractivity contribution is -0.385. The smallest absolute Gasteiger partial charge is 0.325 e. The van der Waals surface area contributed by atoms with Crippen LogP contribution in [0.4, 0.5) is 5.69 Å². The number of carbonyl (C=O) groups is 2. The van der Waals surface area contributed by atoms with E-state index in [9.17, 15) is 19.7 Å². The number of nitro benzene ring substituents is 1. The van der Waals surface area contributed by atoms with Gasteiger partial charge < -0.3 is 10.1 Å². The highest BCUT2D eigenvalue weighted by molar-refractivity contribution is 5.94. The molecule has 0 radical (unpaired) electrons. The molecule has 7 nitrogen and oxygen atoms in total. The minimum Gasteiger partial charge on any atom is -0.459 e. The second-order valence-electron chi connectivity index (χ2n) is 5.45. The highest BCUT2D eigenvalue weighted by Crippen LogP contribution is 2.18. The molecule has 1 rings (SSSR count). The first-order valence-corrected chi connectivity index (χ1v) is 6.60. The van der Waals surface area contributed by atoms with Crippen LogP contribution in [0.1, 0.15) is 26.3 Å². The third kappa shape index (κ3) is 6.17. The molecule has 0 aromatic heterocycles. The molecule has 0 saturated carbocycles. The molecule has 118 valence electrons. The second kappa shape index (κ2) is 7.35. The van der Waals surface area contributed by atoms with Gasteiger partial charge in [0.15, 0.2) is 0 Å². The number of amides is 1. The van der Waals surface area contributed by atoms with Gasteiger partial charge in [-0.2, -0.15) is 0 Å². The van der Waals surface area contributed by atoms with E-state index in [1.54, 1.807) is 26.8 Å². The number of esters is 1. The number of ether oxygens (including phenoxy) is 1. The van der Waals surface area contributed by atoms with Gasteiger partial charge in [-0.25, -0.2) is 0 Å². The number of para-hydroxylation sites is 1. The van der Waals surface area contributed by atoms with Crippen LogP contribution >= 0.6 is 0 Å². The first-order valence-electron chi connectivity index (χ1n) is 6.60. The van der Waals surface area contributed by atoms with Gasteiger partial charge in [-0.1, -0.05) is 12.1 Å². The van der Waals surface area contributed by atoms with Crippen LogP contribution in [0.5, 0.6) is 0 Å². The van der Waals surface area contributed by atoms with Crippen LogP contribution in [-0.2, 0) is 14.3 Å². The fourth-order valence-corrected chi connectivity index (χ4v) is 1.56. The zero-order valence-corrected chi connectivity index (χ0v) is 12.7. The molecule has 0 aliphatic rings. The van der Waals surface area contributed by atoms with Gasteiger partial charge in [0.25, 0.3) is 5.69 Å². The van der Waals surface area contributed by atoms with Gasteiger partial charge in [0.2, 0.25) is 5.91 Å². The zero-order chi connectivity index (χ0) is 16.8. The summed E-state index contributed by atoms with van der Waals surface area (Å²) < 4.78 is 5.03. The summed E-state index contributed by atoms with van der Waals surface area (Å²) in [5.74, 6) is -1.09. The molecule has 7 heteroatoms. The molecule has 0 fully saturated rings. The van der Waals surface area contributed by atoms with E-state index in [1.165, 1.54) is 24.3 Å². The SMILES string of the molecule is CC(C)(C)OC(=O)CNC(=O)C=Cc1ccccc1[N+](=O)[O-]. The molecule has 1 aromatic rings. The van der Waals surface area contributed by atoms with E-state index >= 15 is 0 Å². The molecule has 0 bridgehead atoms. The molecule has 1 amide bonds. The number of nitrogens with one attached hydrogen (secondary N) is 1. The van der Waals surface area contributed by atoms with E-state index < -0.39 is 22.4 Å². The molecule has 0 aliphatic heterocycles. The van der Waals surface area contributed by atoms with Crippen LogP contribution in [0, 0.1) is 10.1 Å². The van der Waals surface area contributed by atoms with Crippen molar-refractivity contribution in [1.82, 2.24) is 5.32 Å². The normalized spacial score (nSPS) is 11.2. The summed E-state index contributed by atoms with van der Waals surface area (Å²) in [6.07, 6.45) is 2.45. The van der Waals surface area contributed by atoms with Crippen molar-refractivity contribution in [3.63, 3.8) is 0 Å². The molecule has 1 aromatic carbocycles. The Bertz CT molecular complexity index is 602. The van der Waals surface area contributed by atoms with Gasteiger partial charge >= 0.3 is 5.97 Å². The molecule has 1 N–H and O–H groups in total. The molecule has 0 saturated heterocycles. The Morgan fingerprint density at radius 2 is 1.95 bits per heavy atom. The molecule has 0 spiro atoms. The first-order chi connectivity index (χ1) is 10.2. The van der Waals surface area contributed by atoms with E-state index in [0.717, 1.165) is 6.08 Å². The zero-order valence-electron chi connectivity index (χ0n) is 12.7. The number of hydrogen-bond donors (Lipinski definition) is 1. The summed E-state index contributed by atoms with van der Waals surface area (Å²) in [6.45, 7) is 4.90. The highest BCUT2D eigenvalue weighted by atomic mass is 16.6. The molecular formula is C15H18N2O5. The van der Waals surface area contributed by atoms with E-state index in [-0.39, 0.29) is 12.2 Å². The summed E-state index contributed by atoms with van der Waals surface area (Å²) >= 11 is 0. The molecule has 0 heterocycles. The number of carbonyl (C=O) groups excluding carboxylic acids is 2. The summed E-state index contributed by atoms with van der Waals surface area (Å²) in [4.78, 5) is 33.3. The lowest BCUT2D eigenvalue weighted by atomic mass is 10.1. The Morgan fingerprint density at radius 1 is 1.32 bits per heavy atom. The molecule has 22 heavy (non-hydrogen) atoms. The minimum absolute atomic E-state index is 0.0984. The van der Waals surface area contributed by atoms with Crippen molar-refractivity contribution in [3.8, 4) is 0 Å². The van der Waals surface area contributed by atoms with Crippen LogP contribution in [0.2, 0.25) is 0 Å². The summed E-state index contributed by atoms with van der Waals surface area (Å²) in [5, 5.41) is 13.2. The van der Waals surface area contributed by atoms with Crippen molar-refractivity contribution >= 4 is 23.6 Å². The Hall–Kier alpha value is -2.70. The van der Waals surface area contributed by atoms with Crippen LogP contribution in [0.15, 0.2) is 30.3 Å². The topological polar surface area (TPSA) is 98.5 Å². The predicted molar refractivity (Wildman–Crippen MR) is 81.0 cm³/mol. The average Bonchev–Trinajstić information content (AvgIpc) is 2.41. The number of benzene rings is 1. The fraction of sp³-hybridized carbons (Fsp3) is 0.333.